The zero-order valence-corrected chi connectivity index (χ0v) is 15.1. The van der Waals surface area contributed by atoms with Crippen molar-refractivity contribution in [3.8, 4) is 0 Å². The number of nitrogens with zero attached hydrogens (tertiary/aromatic N) is 4. The Morgan fingerprint density at radius 1 is 1.32 bits per heavy atom. The van der Waals surface area contributed by atoms with Gasteiger partial charge in [0, 0.05) is 25.0 Å². The third kappa shape index (κ3) is 3.24. The Morgan fingerprint density at radius 2 is 2.16 bits per heavy atom. The van der Waals surface area contributed by atoms with Crippen LogP contribution in [0.1, 0.15) is 34.6 Å². The fraction of sp³-hybridized carbons (Fsp3) is 0.389. The Labute approximate surface area is 150 Å². The number of pyridine rings is 1. The topological polar surface area (TPSA) is 63.1 Å². The highest BCUT2D eigenvalue weighted by Gasteiger charge is 2.19. The number of anilines is 1. The van der Waals surface area contributed by atoms with Crippen LogP contribution in [0, 0.1) is 0 Å². The van der Waals surface area contributed by atoms with Crippen molar-refractivity contribution in [1.29, 1.82) is 0 Å². The average Bonchev–Trinajstić information content (AvgIpc) is 3.28. The summed E-state index contributed by atoms with van der Waals surface area (Å²) in [6.45, 7) is 2.62. The van der Waals surface area contributed by atoms with Crippen molar-refractivity contribution in [2.45, 2.75) is 25.8 Å². The molecule has 7 heteroatoms. The monoisotopic (exact) mass is 355 g/mol. The Balaban J connectivity index is 1.62. The zero-order chi connectivity index (χ0) is 17.2. The molecular weight excluding hydrogens is 334 g/mol. The Hall–Kier alpha value is -2.41. The Kier molecular flexibility index (Phi) is 4.40. The number of aryl methyl sites for hydroxylation is 1. The van der Waals surface area contributed by atoms with Crippen molar-refractivity contribution < 1.29 is 4.79 Å². The molecule has 1 saturated heterocycles. The van der Waals surface area contributed by atoms with E-state index in [0.717, 1.165) is 34.7 Å². The molecule has 25 heavy (non-hydrogen) atoms. The Morgan fingerprint density at radius 3 is 2.92 bits per heavy atom. The first-order chi connectivity index (χ1) is 12.2. The van der Waals surface area contributed by atoms with Gasteiger partial charge in [-0.05, 0) is 36.8 Å². The summed E-state index contributed by atoms with van der Waals surface area (Å²) >= 11 is 1.63. The predicted molar refractivity (Wildman–Crippen MR) is 100 cm³/mol. The molecule has 0 bridgehead atoms. The van der Waals surface area contributed by atoms with Crippen LogP contribution in [0.25, 0.3) is 11.0 Å². The number of amides is 1. The standard InChI is InChI=1S/C18H21N5OS/c1-22-17-15(10-13(11-19-17)23-7-3-2-4-8-23)16(21-22)18(24)20-12-14-6-5-9-25-14/h5-6,9-11H,2-4,7-8,12H2,1H3,(H,20,24). The molecule has 0 spiro atoms. The van der Waals surface area contributed by atoms with Gasteiger partial charge in [0.1, 0.15) is 0 Å². The van der Waals surface area contributed by atoms with E-state index in [1.807, 2.05) is 30.8 Å². The van der Waals surface area contributed by atoms with Gasteiger partial charge in [0.2, 0.25) is 0 Å². The molecule has 1 amide bonds. The number of rotatable bonds is 4. The number of carbonyl (C=O) groups excluding carboxylic acids is 1. The van der Waals surface area contributed by atoms with Gasteiger partial charge in [-0.1, -0.05) is 6.07 Å². The van der Waals surface area contributed by atoms with Gasteiger partial charge in [-0.15, -0.1) is 11.3 Å². The van der Waals surface area contributed by atoms with E-state index < -0.39 is 0 Å². The van der Waals surface area contributed by atoms with E-state index in [9.17, 15) is 4.79 Å². The number of fused-ring (bicyclic) bond motifs is 1. The van der Waals surface area contributed by atoms with E-state index in [1.165, 1.54) is 19.3 Å². The summed E-state index contributed by atoms with van der Waals surface area (Å²) in [5.41, 5.74) is 2.26. The number of piperidine rings is 1. The number of hydrogen-bond acceptors (Lipinski definition) is 5. The lowest BCUT2D eigenvalue weighted by atomic mass is 10.1. The number of nitrogens with one attached hydrogen (secondary N) is 1. The zero-order valence-electron chi connectivity index (χ0n) is 14.2. The van der Waals surface area contributed by atoms with Crippen LogP contribution in [0.5, 0.6) is 0 Å². The maximum Gasteiger partial charge on any atom is 0.272 e. The van der Waals surface area contributed by atoms with Crippen LogP contribution in [0.2, 0.25) is 0 Å². The maximum absolute atomic E-state index is 12.6. The van der Waals surface area contributed by atoms with Crippen LogP contribution >= 0.6 is 11.3 Å². The fourth-order valence-electron chi connectivity index (χ4n) is 3.29. The second kappa shape index (κ2) is 6.84. The van der Waals surface area contributed by atoms with Crippen molar-refractivity contribution in [3.63, 3.8) is 0 Å². The van der Waals surface area contributed by atoms with Crippen molar-refractivity contribution in [1.82, 2.24) is 20.1 Å². The normalized spacial score (nSPS) is 14.8. The largest absolute Gasteiger partial charge is 0.370 e. The SMILES string of the molecule is Cn1nc(C(=O)NCc2cccs2)c2cc(N3CCCCC3)cnc21. The smallest absolute Gasteiger partial charge is 0.272 e. The van der Waals surface area contributed by atoms with Crippen molar-refractivity contribution >= 4 is 34.0 Å². The van der Waals surface area contributed by atoms with Gasteiger partial charge in [-0.2, -0.15) is 5.10 Å². The molecule has 0 aromatic carbocycles. The van der Waals surface area contributed by atoms with Gasteiger partial charge >= 0.3 is 0 Å². The first-order valence-electron chi connectivity index (χ1n) is 8.60. The lowest BCUT2D eigenvalue weighted by molar-refractivity contribution is 0.0947. The first kappa shape index (κ1) is 16.1. The van der Waals surface area contributed by atoms with Gasteiger partial charge in [-0.3, -0.25) is 4.79 Å². The van der Waals surface area contributed by atoms with Gasteiger partial charge in [0.15, 0.2) is 11.3 Å². The highest BCUT2D eigenvalue weighted by atomic mass is 32.1. The van der Waals surface area contributed by atoms with Crippen molar-refractivity contribution in [2.24, 2.45) is 7.05 Å². The summed E-state index contributed by atoms with van der Waals surface area (Å²) in [7, 11) is 1.83. The molecule has 1 aliphatic rings. The van der Waals surface area contributed by atoms with Crippen LogP contribution in [-0.4, -0.2) is 33.8 Å². The van der Waals surface area contributed by atoms with E-state index >= 15 is 0 Å². The maximum atomic E-state index is 12.6. The minimum absolute atomic E-state index is 0.156. The van der Waals surface area contributed by atoms with Crippen molar-refractivity contribution in [3.05, 3.63) is 40.3 Å². The van der Waals surface area contributed by atoms with Crippen LogP contribution < -0.4 is 10.2 Å². The second-order valence-electron chi connectivity index (χ2n) is 6.35. The van der Waals surface area contributed by atoms with Gasteiger partial charge in [0.05, 0.1) is 23.8 Å². The van der Waals surface area contributed by atoms with Crippen LogP contribution in [0.3, 0.4) is 0 Å². The third-order valence-electron chi connectivity index (χ3n) is 4.60. The molecule has 3 aromatic rings. The van der Waals surface area contributed by atoms with Crippen LogP contribution in [-0.2, 0) is 13.6 Å². The van der Waals surface area contributed by atoms with E-state index in [-0.39, 0.29) is 5.91 Å². The lowest BCUT2D eigenvalue weighted by Crippen LogP contribution is -2.29. The molecule has 4 heterocycles. The number of hydrogen-bond donors (Lipinski definition) is 1. The van der Waals surface area contributed by atoms with E-state index in [4.69, 9.17) is 0 Å². The summed E-state index contributed by atoms with van der Waals surface area (Å²) < 4.78 is 1.68. The molecule has 6 nitrogen and oxygen atoms in total. The highest BCUT2D eigenvalue weighted by molar-refractivity contribution is 7.09. The Bertz CT molecular complexity index is 880. The summed E-state index contributed by atoms with van der Waals surface area (Å²) in [6, 6.07) is 6.05. The molecule has 0 saturated carbocycles. The highest BCUT2D eigenvalue weighted by Crippen LogP contribution is 2.25. The molecule has 0 unspecified atom stereocenters. The average molecular weight is 355 g/mol. The molecule has 1 N–H and O–H groups in total. The fourth-order valence-corrected chi connectivity index (χ4v) is 3.93. The molecule has 1 fully saturated rings. The quantitative estimate of drug-likeness (QED) is 0.782. The van der Waals surface area contributed by atoms with Crippen LogP contribution in [0.15, 0.2) is 29.8 Å². The molecular formula is C18H21N5OS. The van der Waals surface area contributed by atoms with E-state index in [1.54, 1.807) is 16.0 Å². The molecule has 4 rings (SSSR count). The summed E-state index contributed by atoms with van der Waals surface area (Å²) in [4.78, 5) is 20.7. The van der Waals surface area contributed by atoms with E-state index in [2.05, 4.69) is 26.4 Å². The molecule has 3 aromatic heterocycles. The minimum Gasteiger partial charge on any atom is -0.370 e. The summed E-state index contributed by atoms with van der Waals surface area (Å²) in [5.74, 6) is -0.156. The summed E-state index contributed by atoms with van der Waals surface area (Å²) in [6.07, 6.45) is 5.59. The number of carbonyl (C=O) groups is 1. The second-order valence-corrected chi connectivity index (χ2v) is 7.38. The number of thiophene rings is 1. The van der Waals surface area contributed by atoms with Gasteiger partial charge in [-0.25, -0.2) is 9.67 Å². The first-order valence-corrected chi connectivity index (χ1v) is 9.48. The molecule has 0 radical (unpaired) electrons. The minimum atomic E-state index is -0.156. The van der Waals surface area contributed by atoms with Gasteiger partial charge in [0.25, 0.3) is 5.91 Å². The molecule has 130 valence electrons. The van der Waals surface area contributed by atoms with Crippen molar-refractivity contribution in [2.75, 3.05) is 18.0 Å². The third-order valence-corrected chi connectivity index (χ3v) is 5.48. The predicted octanol–water partition coefficient (Wildman–Crippen LogP) is 2.95. The molecule has 0 atom stereocenters. The molecule has 1 aliphatic heterocycles. The summed E-state index contributed by atoms with van der Waals surface area (Å²) in [5, 5.41) is 10.2. The van der Waals surface area contributed by atoms with E-state index in [0.29, 0.717) is 12.2 Å². The van der Waals surface area contributed by atoms with Crippen LogP contribution in [0.4, 0.5) is 5.69 Å². The molecule has 0 aliphatic carbocycles. The lowest BCUT2D eigenvalue weighted by Gasteiger charge is -2.28. The van der Waals surface area contributed by atoms with Gasteiger partial charge < -0.3 is 10.2 Å². The number of aromatic nitrogens is 3.